The van der Waals surface area contributed by atoms with E-state index in [0.29, 0.717) is 22.0 Å². The first-order chi connectivity index (χ1) is 18.5. The van der Waals surface area contributed by atoms with Gasteiger partial charge in [-0.25, -0.2) is 4.79 Å². The molecule has 38 heavy (non-hydrogen) atoms. The van der Waals surface area contributed by atoms with E-state index in [1.165, 1.54) is 0 Å². The zero-order chi connectivity index (χ0) is 26.5. The van der Waals surface area contributed by atoms with E-state index in [2.05, 4.69) is 22.3 Å². The molecule has 0 amide bonds. The van der Waals surface area contributed by atoms with E-state index in [1.54, 1.807) is 0 Å². The number of esters is 1. The van der Waals surface area contributed by atoms with Gasteiger partial charge in [0.1, 0.15) is 0 Å². The van der Waals surface area contributed by atoms with Gasteiger partial charge in [0.05, 0.1) is 24.3 Å². The van der Waals surface area contributed by atoms with E-state index in [9.17, 15) is 4.79 Å². The molecule has 0 radical (unpaired) electrons. The predicted molar refractivity (Wildman–Crippen MR) is 156 cm³/mol. The highest BCUT2D eigenvalue weighted by Gasteiger charge is 2.41. The number of hydrogen-bond acceptors (Lipinski definition) is 4. The molecule has 0 unspecified atom stereocenters. The van der Waals surface area contributed by atoms with Gasteiger partial charge in [-0.05, 0) is 54.4 Å². The second-order valence-electron chi connectivity index (χ2n) is 9.08. The topological polar surface area (TPSA) is 41.6 Å². The maximum atomic E-state index is 13.7. The summed E-state index contributed by atoms with van der Waals surface area (Å²) in [4.78, 5) is 16.0. The zero-order valence-corrected chi connectivity index (χ0v) is 22.5. The molecule has 4 aromatic carbocycles. The van der Waals surface area contributed by atoms with Gasteiger partial charge in [0.2, 0.25) is 0 Å². The number of halogens is 2. The Kier molecular flexibility index (Phi) is 8.02. The van der Waals surface area contributed by atoms with Gasteiger partial charge in [-0.2, -0.15) is 0 Å². The lowest BCUT2D eigenvalue weighted by Crippen LogP contribution is -2.41. The first-order valence-corrected chi connectivity index (χ1v) is 13.4. The molecule has 1 heterocycles. The summed E-state index contributed by atoms with van der Waals surface area (Å²) in [6.45, 7) is 2.10. The Morgan fingerprint density at radius 3 is 2.11 bits per heavy atom. The molecule has 1 aliphatic rings. The zero-order valence-electron chi connectivity index (χ0n) is 21.0. The van der Waals surface area contributed by atoms with Gasteiger partial charge in [-0.3, -0.25) is 0 Å². The maximum Gasteiger partial charge on any atom is 0.338 e. The van der Waals surface area contributed by atoms with Crippen molar-refractivity contribution in [1.29, 1.82) is 0 Å². The van der Waals surface area contributed by atoms with Gasteiger partial charge < -0.3 is 15.0 Å². The Labute approximate surface area is 233 Å². The molecule has 0 saturated heterocycles. The molecule has 2 atom stereocenters. The van der Waals surface area contributed by atoms with Gasteiger partial charge in [0, 0.05) is 33.5 Å². The molecule has 0 aromatic heterocycles. The van der Waals surface area contributed by atoms with Crippen molar-refractivity contribution in [3.63, 3.8) is 0 Å². The standard InChI is InChI=1S/C32H28Cl2N2O2/c1-2-38-32(37)30-28(35-26-17-9-15-24(33)19-26)21-29(22-11-5-3-6-12-22)36(27-18-10-16-25(34)20-27)31(30)23-13-7-4-8-14-23/h3-20,29,31,35H,2,21H2,1H3/t29-,31+/m0/s1. The Bertz CT molecular complexity index is 1440. The number of ether oxygens (including phenoxy) is 1. The lowest BCUT2D eigenvalue weighted by Gasteiger charge is -2.46. The minimum atomic E-state index is -0.436. The van der Waals surface area contributed by atoms with E-state index in [0.717, 1.165) is 28.2 Å². The molecule has 192 valence electrons. The van der Waals surface area contributed by atoms with Crippen molar-refractivity contribution < 1.29 is 9.53 Å². The number of rotatable bonds is 7. The molecule has 4 nitrogen and oxygen atoms in total. The quantitative estimate of drug-likeness (QED) is 0.237. The molecule has 4 aromatic rings. The Balaban J connectivity index is 1.77. The summed E-state index contributed by atoms with van der Waals surface area (Å²) in [6, 6.07) is 35.2. The molecule has 0 saturated carbocycles. The van der Waals surface area contributed by atoms with Crippen molar-refractivity contribution in [3.05, 3.63) is 142 Å². The van der Waals surface area contributed by atoms with Crippen LogP contribution in [-0.4, -0.2) is 12.6 Å². The fourth-order valence-corrected chi connectivity index (χ4v) is 5.45. The number of anilines is 2. The largest absolute Gasteiger partial charge is 0.463 e. The van der Waals surface area contributed by atoms with E-state index in [1.807, 2.05) is 104 Å². The summed E-state index contributed by atoms with van der Waals surface area (Å²) in [7, 11) is 0. The minimum Gasteiger partial charge on any atom is -0.463 e. The first-order valence-electron chi connectivity index (χ1n) is 12.6. The maximum absolute atomic E-state index is 13.7. The third kappa shape index (κ3) is 5.57. The average Bonchev–Trinajstić information content (AvgIpc) is 2.93. The van der Waals surface area contributed by atoms with Crippen molar-refractivity contribution in [2.75, 3.05) is 16.8 Å². The normalized spacial score (nSPS) is 17.3. The van der Waals surface area contributed by atoms with E-state index < -0.39 is 6.04 Å². The number of carbonyl (C=O) groups is 1. The van der Waals surface area contributed by atoms with Gasteiger partial charge in [0.25, 0.3) is 0 Å². The SMILES string of the molecule is CCOC(=O)C1=C(Nc2cccc(Cl)c2)C[C@@H](c2ccccc2)N(c2cccc(Cl)c2)[C@@H]1c1ccccc1. The van der Waals surface area contributed by atoms with Crippen LogP contribution in [0, 0.1) is 0 Å². The van der Waals surface area contributed by atoms with Crippen LogP contribution in [-0.2, 0) is 9.53 Å². The molecular formula is C32H28Cl2N2O2. The highest BCUT2D eigenvalue weighted by molar-refractivity contribution is 6.31. The van der Waals surface area contributed by atoms with E-state index in [-0.39, 0.29) is 18.6 Å². The lowest BCUT2D eigenvalue weighted by atomic mass is 9.84. The van der Waals surface area contributed by atoms with Crippen LogP contribution in [0.1, 0.15) is 36.6 Å². The highest BCUT2D eigenvalue weighted by atomic mass is 35.5. The summed E-state index contributed by atoms with van der Waals surface area (Å²) >= 11 is 12.8. The summed E-state index contributed by atoms with van der Waals surface area (Å²) in [6.07, 6.45) is 0.542. The molecule has 0 aliphatic carbocycles. The number of benzene rings is 4. The van der Waals surface area contributed by atoms with Gasteiger partial charge in [-0.1, -0.05) is 96.0 Å². The monoisotopic (exact) mass is 542 g/mol. The highest BCUT2D eigenvalue weighted by Crippen LogP contribution is 2.48. The van der Waals surface area contributed by atoms with Gasteiger partial charge in [0.15, 0.2) is 0 Å². The number of nitrogens with one attached hydrogen (secondary N) is 1. The second kappa shape index (κ2) is 11.8. The van der Waals surface area contributed by atoms with Crippen LogP contribution in [0.4, 0.5) is 11.4 Å². The van der Waals surface area contributed by atoms with Crippen molar-refractivity contribution in [2.24, 2.45) is 0 Å². The summed E-state index contributed by atoms with van der Waals surface area (Å²) in [5, 5.41) is 4.78. The van der Waals surface area contributed by atoms with E-state index in [4.69, 9.17) is 27.9 Å². The summed E-state index contributed by atoms with van der Waals surface area (Å²) in [5.74, 6) is -0.357. The van der Waals surface area contributed by atoms with Crippen LogP contribution >= 0.6 is 23.2 Å². The number of hydrogen-bond donors (Lipinski definition) is 1. The molecule has 0 spiro atoms. The number of nitrogens with zero attached hydrogens (tertiary/aromatic N) is 1. The molecule has 1 aliphatic heterocycles. The van der Waals surface area contributed by atoms with Crippen LogP contribution in [0.15, 0.2) is 120 Å². The first kappa shape index (κ1) is 25.9. The summed E-state index contributed by atoms with van der Waals surface area (Å²) in [5.41, 5.74) is 5.19. The smallest absolute Gasteiger partial charge is 0.338 e. The van der Waals surface area contributed by atoms with Crippen LogP contribution in [0.3, 0.4) is 0 Å². The molecule has 0 bridgehead atoms. The molecule has 6 heteroatoms. The van der Waals surface area contributed by atoms with Crippen LogP contribution < -0.4 is 10.2 Å². The predicted octanol–water partition coefficient (Wildman–Crippen LogP) is 8.62. The second-order valence-corrected chi connectivity index (χ2v) is 9.95. The average molecular weight is 543 g/mol. The Morgan fingerprint density at radius 1 is 0.842 bits per heavy atom. The van der Waals surface area contributed by atoms with Crippen molar-refractivity contribution >= 4 is 40.5 Å². The molecule has 1 N–H and O–H groups in total. The fourth-order valence-electron chi connectivity index (χ4n) is 5.07. The lowest BCUT2D eigenvalue weighted by molar-refractivity contribution is -0.139. The fraction of sp³-hybridized carbons (Fsp3) is 0.156. The summed E-state index contributed by atoms with van der Waals surface area (Å²) < 4.78 is 5.66. The van der Waals surface area contributed by atoms with E-state index >= 15 is 0 Å². The minimum absolute atomic E-state index is 0.0975. The molecule has 0 fully saturated rings. The third-order valence-corrected chi connectivity index (χ3v) is 7.10. The van der Waals surface area contributed by atoms with Crippen LogP contribution in [0.2, 0.25) is 10.0 Å². The Morgan fingerprint density at radius 2 is 1.47 bits per heavy atom. The number of carbonyl (C=O) groups excluding carboxylic acids is 1. The van der Waals surface area contributed by atoms with Crippen LogP contribution in [0.25, 0.3) is 0 Å². The van der Waals surface area contributed by atoms with Crippen LogP contribution in [0.5, 0.6) is 0 Å². The van der Waals surface area contributed by atoms with Crippen molar-refractivity contribution in [2.45, 2.75) is 25.4 Å². The van der Waals surface area contributed by atoms with Gasteiger partial charge >= 0.3 is 5.97 Å². The third-order valence-electron chi connectivity index (χ3n) is 6.63. The molecular weight excluding hydrogens is 515 g/mol. The Hall–Kier alpha value is -3.73. The van der Waals surface area contributed by atoms with Gasteiger partial charge in [-0.15, -0.1) is 0 Å². The molecule has 5 rings (SSSR count). The van der Waals surface area contributed by atoms with Crippen molar-refractivity contribution in [3.8, 4) is 0 Å². The van der Waals surface area contributed by atoms with Crippen molar-refractivity contribution in [1.82, 2.24) is 0 Å².